The molecule has 0 unspecified atom stereocenters. The lowest BCUT2D eigenvalue weighted by Crippen LogP contribution is -2.36. The second kappa shape index (κ2) is 6.22. The summed E-state index contributed by atoms with van der Waals surface area (Å²) in [5, 5.41) is 13.6. The summed E-state index contributed by atoms with van der Waals surface area (Å²) in [5.74, 6) is 2.18. The van der Waals surface area contributed by atoms with Gasteiger partial charge in [-0.15, -0.1) is 0 Å². The second-order valence-electron chi connectivity index (χ2n) is 5.39. The Morgan fingerprint density at radius 2 is 2.19 bits per heavy atom. The second-order valence-corrected chi connectivity index (χ2v) is 5.39. The van der Waals surface area contributed by atoms with E-state index in [2.05, 4.69) is 26.9 Å². The predicted molar refractivity (Wildman–Crippen MR) is 79.0 cm³/mol. The lowest BCUT2D eigenvalue weighted by molar-refractivity contribution is 0.145. The topological polar surface area (TPSA) is 75.3 Å². The van der Waals surface area contributed by atoms with E-state index in [1.807, 2.05) is 12.1 Å². The van der Waals surface area contributed by atoms with Gasteiger partial charge < -0.3 is 14.5 Å². The molecule has 0 atom stereocenters. The normalized spacial score (nSPS) is 16.4. The highest BCUT2D eigenvalue weighted by Gasteiger charge is 2.19. The molecule has 6 nitrogen and oxygen atoms in total. The van der Waals surface area contributed by atoms with Crippen LogP contribution in [0.4, 0.5) is 5.82 Å². The molecular formula is C15H20N4O2. The van der Waals surface area contributed by atoms with Crippen LogP contribution in [0.3, 0.4) is 0 Å². The smallest absolute Gasteiger partial charge is 0.258 e. The molecule has 2 aromatic heterocycles. The number of aromatic nitrogens is 3. The summed E-state index contributed by atoms with van der Waals surface area (Å²) in [6, 6.07) is 3.85. The number of anilines is 1. The molecule has 0 amide bonds. The zero-order valence-electron chi connectivity index (χ0n) is 12.2. The van der Waals surface area contributed by atoms with Crippen LogP contribution in [0.1, 0.15) is 32.0 Å². The highest BCUT2D eigenvalue weighted by atomic mass is 16.5. The highest BCUT2D eigenvalue weighted by molar-refractivity contribution is 5.58. The number of hydrogen-bond donors (Lipinski definition) is 1. The van der Waals surface area contributed by atoms with Crippen LogP contribution in [0.2, 0.25) is 0 Å². The van der Waals surface area contributed by atoms with E-state index in [4.69, 9.17) is 4.52 Å². The third-order valence-electron chi connectivity index (χ3n) is 3.72. The maximum atomic E-state index is 9.58. The molecule has 112 valence electrons. The number of rotatable bonds is 4. The molecule has 1 aliphatic heterocycles. The molecule has 0 aliphatic carbocycles. The first-order chi connectivity index (χ1) is 10.3. The fourth-order valence-corrected chi connectivity index (χ4v) is 2.52. The summed E-state index contributed by atoms with van der Waals surface area (Å²) < 4.78 is 5.32. The average molecular weight is 288 g/mol. The van der Waals surface area contributed by atoms with Gasteiger partial charge in [-0.05, 0) is 31.4 Å². The molecule has 1 N–H and O–H groups in total. The number of pyridine rings is 1. The number of piperidine rings is 1. The molecule has 0 spiro atoms. The van der Waals surface area contributed by atoms with Gasteiger partial charge >= 0.3 is 0 Å². The summed E-state index contributed by atoms with van der Waals surface area (Å²) in [4.78, 5) is 11.0. The molecule has 6 heteroatoms. The summed E-state index contributed by atoms with van der Waals surface area (Å²) in [6.45, 7) is 3.73. The molecular weight excluding hydrogens is 268 g/mol. The lowest BCUT2D eigenvalue weighted by Gasteiger charge is -2.30. The maximum absolute atomic E-state index is 9.58. The van der Waals surface area contributed by atoms with E-state index < -0.39 is 0 Å². The summed E-state index contributed by atoms with van der Waals surface area (Å²) >= 11 is 0. The first-order valence-corrected chi connectivity index (χ1v) is 7.48. The van der Waals surface area contributed by atoms with Crippen LogP contribution in [-0.2, 0) is 6.42 Å². The number of aliphatic hydroxyl groups excluding tert-OH is 1. The van der Waals surface area contributed by atoms with Crippen LogP contribution in [0.15, 0.2) is 22.9 Å². The molecule has 1 fully saturated rings. The lowest BCUT2D eigenvalue weighted by atomic mass is 10.1. The fourth-order valence-electron chi connectivity index (χ4n) is 2.52. The SMILES string of the molecule is CCCc1noc(-c2ccnc(N3CCC(O)CC3)c2)n1. The molecule has 1 aliphatic rings. The van der Waals surface area contributed by atoms with Crippen LogP contribution < -0.4 is 4.90 Å². The minimum Gasteiger partial charge on any atom is -0.393 e. The van der Waals surface area contributed by atoms with Crippen LogP contribution in [0.5, 0.6) is 0 Å². The summed E-state index contributed by atoms with van der Waals surface area (Å²) in [7, 11) is 0. The highest BCUT2D eigenvalue weighted by Crippen LogP contribution is 2.24. The fraction of sp³-hybridized carbons (Fsp3) is 0.533. The van der Waals surface area contributed by atoms with Crippen LogP contribution >= 0.6 is 0 Å². The summed E-state index contributed by atoms with van der Waals surface area (Å²) in [6.07, 6.45) is 4.97. The van der Waals surface area contributed by atoms with Crippen molar-refractivity contribution in [2.45, 2.75) is 38.7 Å². The van der Waals surface area contributed by atoms with E-state index >= 15 is 0 Å². The molecule has 1 saturated heterocycles. The van der Waals surface area contributed by atoms with E-state index in [0.29, 0.717) is 5.89 Å². The quantitative estimate of drug-likeness (QED) is 0.928. The van der Waals surface area contributed by atoms with Gasteiger partial charge in [-0.25, -0.2) is 4.98 Å². The zero-order chi connectivity index (χ0) is 14.7. The van der Waals surface area contributed by atoms with Crippen molar-refractivity contribution in [3.8, 4) is 11.5 Å². The van der Waals surface area contributed by atoms with Crippen molar-refractivity contribution in [1.82, 2.24) is 15.1 Å². The molecule has 3 rings (SSSR count). The Balaban J connectivity index is 1.79. The van der Waals surface area contributed by atoms with E-state index in [1.165, 1.54) is 0 Å². The van der Waals surface area contributed by atoms with Gasteiger partial charge in [-0.3, -0.25) is 0 Å². The van der Waals surface area contributed by atoms with Crippen molar-refractivity contribution in [2.24, 2.45) is 0 Å². The van der Waals surface area contributed by atoms with Gasteiger partial charge in [0.1, 0.15) is 5.82 Å². The number of aryl methyl sites for hydroxylation is 1. The Labute approximate surface area is 123 Å². The first-order valence-electron chi connectivity index (χ1n) is 7.48. The van der Waals surface area contributed by atoms with Crippen molar-refractivity contribution in [3.05, 3.63) is 24.2 Å². The first kappa shape index (κ1) is 14.0. The Morgan fingerprint density at radius 1 is 1.38 bits per heavy atom. The maximum Gasteiger partial charge on any atom is 0.258 e. The monoisotopic (exact) mass is 288 g/mol. The van der Waals surface area contributed by atoms with Gasteiger partial charge in [0.2, 0.25) is 0 Å². The van der Waals surface area contributed by atoms with E-state index in [-0.39, 0.29) is 6.10 Å². The third-order valence-corrected chi connectivity index (χ3v) is 3.72. The van der Waals surface area contributed by atoms with Gasteiger partial charge in [0.05, 0.1) is 6.10 Å². The van der Waals surface area contributed by atoms with Gasteiger partial charge in [0.15, 0.2) is 5.82 Å². The molecule has 2 aromatic rings. The molecule has 21 heavy (non-hydrogen) atoms. The van der Waals surface area contributed by atoms with Crippen LogP contribution in [-0.4, -0.2) is 39.4 Å². The number of nitrogens with zero attached hydrogens (tertiary/aromatic N) is 4. The minimum atomic E-state index is -0.183. The zero-order valence-corrected chi connectivity index (χ0v) is 12.2. The Hall–Kier alpha value is -1.95. The summed E-state index contributed by atoms with van der Waals surface area (Å²) in [5.41, 5.74) is 0.890. The predicted octanol–water partition coefficient (Wildman–Crippen LogP) is 2.05. The molecule has 0 radical (unpaired) electrons. The van der Waals surface area contributed by atoms with Gasteiger partial charge in [0.25, 0.3) is 5.89 Å². The Bertz CT molecular complexity index is 591. The van der Waals surface area contributed by atoms with E-state index in [9.17, 15) is 5.11 Å². The van der Waals surface area contributed by atoms with E-state index in [0.717, 1.165) is 56.0 Å². The van der Waals surface area contributed by atoms with Crippen LogP contribution in [0.25, 0.3) is 11.5 Å². The van der Waals surface area contributed by atoms with E-state index in [1.54, 1.807) is 6.20 Å². The molecule has 0 bridgehead atoms. The average Bonchev–Trinajstić information content (AvgIpc) is 2.97. The van der Waals surface area contributed by atoms with Gasteiger partial charge in [0, 0.05) is 31.3 Å². The third kappa shape index (κ3) is 3.21. The Morgan fingerprint density at radius 3 is 2.95 bits per heavy atom. The van der Waals surface area contributed by atoms with Gasteiger partial charge in [-0.2, -0.15) is 4.98 Å². The van der Waals surface area contributed by atoms with Gasteiger partial charge in [-0.1, -0.05) is 12.1 Å². The number of aliphatic hydroxyl groups is 1. The van der Waals surface area contributed by atoms with Crippen LogP contribution in [0, 0.1) is 0 Å². The largest absolute Gasteiger partial charge is 0.393 e. The molecule has 0 saturated carbocycles. The molecule has 3 heterocycles. The minimum absolute atomic E-state index is 0.183. The number of hydrogen-bond acceptors (Lipinski definition) is 6. The molecule has 0 aromatic carbocycles. The van der Waals surface area contributed by atoms with Crippen molar-refractivity contribution >= 4 is 5.82 Å². The van der Waals surface area contributed by atoms with Crippen molar-refractivity contribution in [1.29, 1.82) is 0 Å². The van der Waals surface area contributed by atoms with Crippen molar-refractivity contribution < 1.29 is 9.63 Å². The Kier molecular flexibility index (Phi) is 4.15. The standard InChI is InChI=1S/C15H20N4O2/c1-2-3-13-17-15(21-18-13)11-4-7-16-14(10-11)19-8-5-12(20)6-9-19/h4,7,10,12,20H,2-3,5-6,8-9H2,1H3. The van der Waals surface area contributed by atoms with Crippen molar-refractivity contribution in [2.75, 3.05) is 18.0 Å². The van der Waals surface area contributed by atoms with Crippen molar-refractivity contribution in [3.63, 3.8) is 0 Å².